The van der Waals surface area contributed by atoms with Gasteiger partial charge in [0, 0.05) is 64.0 Å². The maximum absolute atomic E-state index is 6.11. The Morgan fingerprint density at radius 1 is 1.44 bits per heavy atom. The molecule has 1 unspecified atom stereocenters. The monoisotopic (exact) mass is 527 g/mol. The second-order valence-corrected chi connectivity index (χ2v) is 8.69. The largest absolute Gasteiger partial charge is 0.379 e. The molecule has 0 radical (unpaired) electrons. The van der Waals surface area contributed by atoms with Crippen LogP contribution in [0.3, 0.4) is 0 Å². The van der Waals surface area contributed by atoms with Gasteiger partial charge in [-0.05, 0) is 18.2 Å². The van der Waals surface area contributed by atoms with Gasteiger partial charge in [0.15, 0.2) is 5.96 Å². The smallest absolute Gasteiger partial charge is 0.193 e. The number of thioether (sulfide) groups is 1. The molecule has 0 spiro atoms. The molecule has 1 aromatic rings. The van der Waals surface area contributed by atoms with Crippen LogP contribution in [0.2, 0.25) is 5.02 Å². The number of aromatic nitrogens is 1. The van der Waals surface area contributed by atoms with Crippen LogP contribution in [0.1, 0.15) is 12.1 Å². The second kappa shape index (κ2) is 10.6. The summed E-state index contributed by atoms with van der Waals surface area (Å²) >= 11 is 8.17. The average molecular weight is 528 g/mol. The van der Waals surface area contributed by atoms with Crippen LogP contribution in [0, 0.1) is 0 Å². The highest BCUT2D eigenvalue weighted by molar-refractivity contribution is 14.0. The van der Waals surface area contributed by atoms with Crippen LogP contribution in [-0.4, -0.2) is 84.3 Å². The Morgan fingerprint density at radius 3 is 2.74 bits per heavy atom. The molecule has 0 bridgehead atoms. The molecular formula is C18H31ClIN5OS. The normalized spacial score (nSPS) is 23.9. The van der Waals surface area contributed by atoms with Crippen molar-refractivity contribution in [2.75, 3.05) is 58.4 Å². The number of ether oxygens (including phenoxy) is 1. The van der Waals surface area contributed by atoms with Gasteiger partial charge >= 0.3 is 0 Å². The molecule has 2 aliphatic heterocycles. The number of nitrogens with one attached hydrogen (secondary N) is 1. The Hall–Kier alpha value is -0.160. The number of hydrogen-bond acceptors (Lipinski definition) is 4. The van der Waals surface area contributed by atoms with Crippen LogP contribution in [0.25, 0.3) is 0 Å². The summed E-state index contributed by atoms with van der Waals surface area (Å²) < 4.78 is 7.62. The summed E-state index contributed by atoms with van der Waals surface area (Å²) in [6.45, 7) is 5.43. The van der Waals surface area contributed by atoms with E-state index in [2.05, 4.69) is 43.5 Å². The lowest BCUT2D eigenvalue weighted by atomic mass is 9.95. The zero-order valence-corrected chi connectivity index (χ0v) is 20.3. The van der Waals surface area contributed by atoms with E-state index in [4.69, 9.17) is 16.3 Å². The van der Waals surface area contributed by atoms with E-state index in [1.807, 2.05) is 26.4 Å². The average Bonchev–Trinajstić information content (AvgIpc) is 3.24. The first-order valence-corrected chi connectivity index (χ1v) is 10.7. The zero-order valence-electron chi connectivity index (χ0n) is 16.4. The Kier molecular flexibility index (Phi) is 9.05. The molecule has 2 fully saturated rings. The molecule has 3 heterocycles. The van der Waals surface area contributed by atoms with E-state index in [9.17, 15) is 0 Å². The lowest BCUT2D eigenvalue weighted by molar-refractivity contribution is -0.0121. The van der Waals surface area contributed by atoms with Gasteiger partial charge in [0.25, 0.3) is 0 Å². The Labute approximate surface area is 189 Å². The van der Waals surface area contributed by atoms with Crippen LogP contribution in [0.4, 0.5) is 0 Å². The Balaban J connectivity index is 0.00000261. The molecule has 154 valence electrons. The third kappa shape index (κ3) is 5.68. The van der Waals surface area contributed by atoms with Gasteiger partial charge in [-0.3, -0.25) is 9.89 Å². The molecule has 0 aliphatic carbocycles. The number of morpholine rings is 1. The summed E-state index contributed by atoms with van der Waals surface area (Å²) in [6, 6.07) is 2.01. The summed E-state index contributed by atoms with van der Waals surface area (Å²) in [4.78, 5) is 9.27. The Morgan fingerprint density at radius 2 is 2.19 bits per heavy atom. The predicted octanol–water partition coefficient (Wildman–Crippen LogP) is 2.51. The summed E-state index contributed by atoms with van der Waals surface area (Å²) in [6.07, 6.45) is 3.16. The van der Waals surface area contributed by atoms with Crippen LogP contribution < -0.4 is 5.32 Å². The summed E-state index contributed by atoms with van der Waals surface area (Å²) in [5.74, 6) is 3.33. The van der Waals surface area contributed by atoms with Crippen molar-refractivity contribution in [3.05, 3.63) is 23.0 Å². The number of aryl methyl sites for hydroxylation is 1. The molecule has 0 saturated carbocycles. The van der Waals surface area contributed by atoms with Crippen molar-refractivity contribution in [2.45, 2.75) is 18.5 Å². The van der Waals surface area contributed by atoms with Crippen LogP contribution in [-0.2, 0) is 18.3 Å². The number of hydrogen-bond donors (Lipinski definition) is 1. The summed E-state index contributed by atoms with van der Waals surface area (Å²) in [5.41, 5.74) is 1.37. The van der Waals surface area contributed by atoms with Gasteiger partial charge < -0.3 is 19.5 Å². The highest BCUT2D eigenvalue weighted by Gasteiger charge is 2.40. The van der Waals surface area contributed by atoms with Gasteiger partial charge in [-0.2, -0.15) is 11.8 Å². The molecule has 0 aromatic carbocycles. The maximum Gasteiger partial charge on any atom is 0.193 e. The molecule has 3 rings (SSSR count). The molecule has 1 atom stereocenters. The molecule has 2 aliphatic rings. The van der Waals surface area contributed by atoms with Crippen molar-refractivity contribution in [3.63, 3.8) is 0 Å². The zero-order chi connectivity index (χ0) is 18.6. The van der Waals surface area contributed by atoms with Gasteiger partial charge in [0.2, 0.25) is 0 Å². The van der Waals surface area contributed by atoms with Crippen LogP contribution >= 0.6 is 47.3 Å². The van der Waals surface area contributed by atoms with Gasteiger partial charge in [0.05, 0.1) is 24.8 Å². The predicted molar refractivity (Wildman–Crippen MR) is 126 cm³/mol. The van der Waals surface area contributed by atoms with Crippen molar-refractivity contribution in [1.82, 2.24) is 19.7 Å². The highest BCUT2D eigenvalue weighted by atomic mass is 127. The number of nitrogens with zero attached hydrogens (tertiary/aromatic N) is 4. The lowest BCUT2D eigenvalue weighted by Gasteiger charge is -2.43. The third-order valence-electron chi connectivity index (χ3n) is 5.39. The maximum atomic E-state index is 6.11. The molecule has 1 N–H and O–H groups in total. The number of halogens is 2. The minimum Gasteiger partial charge on any atom is -0.379 e. The van der Waals surface area contributed by atoms with Crippen molar-refractivity contribution >= 4 is 53.3 Å². The first-order valence-electron chi connectivity index (χ1n) is 9.17. The molecular weight excluding hydrogens is 497 g/mol. The van der Waals surface area contributed by atoms with E-state index in [-0.39, 0.29) is 29.5 Å². The van der Waals surface area contributed by atoms with E-state index in [1.54, 1.807) is 0 Å². The van der Waals surface area contributed by atoms with E-state index in [0.717, 1.165) is 50.4 Å². The molecule has 27 heavy (non-hydrogen) atoms. The fraction of sp³-hybridized carbons (Fsp3) is 0.722. The molecule has 9 heteroatoms. The molecule has 2 saturated heterocycles. The van der Waals surface area contributed by atoms with Crippen LogP contribution in [0.15, 0.2) is 17.3 Å². The Bertz CT molecular complexity index is 629. The van der Waals surface area contributed by atoms with Crippen LogP contribution in [0.5, 0.6) is 0 Å². The van der Waals surface area contributed by atoms with Gasteiger partial charge in [0.1, 0.15) is 0 Å². The lowest BCUT2D eigenvalue weighted by Crippen LogP contribution is -2.60. The second-order valence-electron chi connectivity index (χ2n) is 7.14. The van der Waals surface area contributed by atoms with Gasteiger partial charge in [-0.1, -0.05) is 11.6 Å². The van der Waals surface area contributed by atoms with Gasteiger partial charge in [-0.25, -0.2) is 0 Å². The topological polar surface area (TPSA) is 45.0 Å². The van der Waals surface area contributed by atoms with E-state index in [1.165, 1.54) is 23.6 Å². The first kappa shape index (κ1) is 23.1. The minimum absolute atomic E-state index is 0. The first-order chi connectivity index (χ1) is 12.5. The van der Waals surface area contributed by atoms with Crippen molar-refractivity contribution < 1.29 is 4.74 Å². The standard InChI is InChI=1S/C18H30ClN5OS.HI/c1-20-17(23(3)12-16-10-15(19)11-22(16)2)21-13-18(4-9-26-14-18)24-5-7-25-8-6-24;/h10-11H,4-9,12-14H2,1-3H3,(H,20,21);1H. The van der Waals surface area contributed by atoms with Crippen molar-refractivity contribution in [1.29, 1.82) is 0 Å². The fourth-order valence-corrected chi connectivity index (χ4v) is 5.55. The summed E-state index contributed by atoms with van der Waals surface area (Å²) in [7, 11) is 5.94. The minimum atomic E-state index is 0. The molecule has 0 amide bonds. The highest BCUT2D eigenvalue weighted by Crippen LogP contribution is 2.33. The number of aliphatic imine (C=N–C) groups is 1. The van der Waals surface area contributed by atoms with E-state index < -0.39 is 0 Å². The molecule has 1 aromatic heterocycles. The molecule has 6 nitrogen and oxygen atoms in total. The van der Waals surface area contributed by atoms with Crippen molar-refractivity contribution in [2.24, 2.45) is 12.0 Å². The van der Waals surface area contributed by atoms with Gasteiger partial charge in [-0.15, -0.1) is 24.0 Å². The van der Waals surface area contributed by atoms with E-state index in [0.29, 0.717) is 0 Å². The number of rotatable bonds is 5. The third-order valence-corrected chi connectivity index (χ3v) is 6.83. The van der Waals surface area contributed by atoms with E-state index >= 15 is 0 Å². The fourth-order valence-electron chi connectivity index (χ4n) is 3.80. The summed E-state index contributed by atoms with van der Waals surface area (Å²) in [5, 5.41) is 4.41. The number of guanidine groups is 1. The SMILES string of the molecule is CN=C(NCC1(N2CCOCC2)CCSC1)N(C)Cc1cc(Cl)cn1C.I. The quantitative estimate of drug-likeness (QED) is 0.362. The van der Waals surface area contributed by atoms with Crippen molar-refractivity contribution in [3.8, 4) is 0 Å².